The highest BCUT2D eigenvalue weighted by Crippen LogP contribution is 2.42. The van der Waals surface area contributed by atoms with E-state index in [2.05, 4.69) is 20.5 Å². The Hall–Kier alpha value is -3.09. The van der Waals surface area contributed by atoms with Crippen LogP contribution in [0.4, 0.5) is 22.0 Å². The van der Waals surface area contributed by atoms with Crippen molar-refractivity contribution in [2.24, 2.45) is 17.6 Å². The number of fused-ring (bicyclic) bond motifs is 1. The van der Waals surface area contributed by atoms with Gasteiger partial charge in [-0.1, -0.05) is 0 Å². The lowest BCUT2D eigenvalue weighted by Crippen LogP contribution is -2.37. The van der Waals surface area contributed by atoms with E-state index in [9.17, 15) is 26.7 Å². The molecule has 8 nitrogen and oxygen atoms in total. The van der Waals surface area contributed by atoms with Crippen molar-refractivity contribution in [3.63, 3.8) is 0 Å². The summed E-state index contributed by atoms with van der Waals surface area (Å²) in [4.78, 5) is 17.7. The molecule has 0 bridgehead atoms. The number of nitrogens with zero attached hydrogens (tertiary/aromatic N) is 5. The maximum absolute atomic E-state index is 13.9. The van der Waals surface area contributed by atoms with Crippen molar-refractivity contribution in [3.8, 4) is 0 Å². The summed E-state index contributed by atoms with van der Waals surface area (Å²) in [6, 6.07) is 1.02. The van der Waals surface area contributed by atoms with Gasteiger partial charge in [0.2, 0.25) is 5.92 Å². The topological polar surface area (TPSA) is 103 Å². The quantitative estimate of drug-likeness (QED) is 0.419. The van der Waals surface area contributed by atoms with E-state index < -0.39 is 37.0 Å². The van der Waals surface area contributed by atoms with Crippen LogP contribution in [-0.4, -0.2) is 42.4 Å². The molecular weight excluding hydrogens is 497 g/mol. The molecule has 0 aromatic carbocycles. The highest BCUT2D eigenvalue weighted by atomic mass is 19.4. The van der Waals surface area contributed by atoms with Crippen LogP contribution in [0.3, 0.4) is 0 Å². The number of amides is 1. The molecule has 2 fully saturated rings. The Morgan fingerprint density at radius 3 is 2.51 bits per heavy atom. The number of hydrogen-bond donors (Lipinski definition) is 2. The van der Waals surface area contributed by atoms with Crippen molar-refractivity contribution in [3.05, 3.63) is 47.7 Å². The summed E-state index contributed by atoms with van der Waals surface area (Å²) in [7, 11) is 0. The molecule has 0 radical (unpaired) electrons. The summed E-state index contributed by atoms with van der Waals surface area (Å²) >= 11 is 0. The van der Waals surface area contributed by atoms with Crippen molar-refractivity contribution in [1.82, 2.24) is 29.7 Å². The van der Waals surface area contributed by atoms with Gasteiger partial charge in [0.1, 0.15) is 0 Å². The molecule has 2 atom stereocenters. The minimum Gasteiger partial charge on any atom is -0.343 e. The maximum atomic E-state index is 13.9. The van der Waals surface area contributed by atoms with E-state index in [1.165, 1.54) is 12.4 Å². The van der Waals surface area contributed by atoms with Crippen LogP contribution in [0.15, 0.2) is 30.9 Å². The molecule has 200 valence electrons. The number of nitrogens with one attached hydrogen (secondary N) is 1. The number of aromatic nitrogens is 5. The first-order valence-corrected chi connectivity index (χ1v) is 12.4. The van der Waals surface area contributed by atoms with Crippen LogP contribution in [0.1, 0.15) is 78.6 Å². The summed E-state index contributed by atoms with van der Waals surface area (Å²) in [5.41, 5.74) is 8.24. The van der Waals surface area contributed by atoms with E-state index in [1.54, 1.807) is 16.9 Å². The minimum absolute atomic E-state index is 0.0768. The Morgan fingerprint density at radius 2 is 1.84 bits per heavy atom. The first-order chi connectivity index (χ1) is 17.5. The summed E-state index contributed by atoms with van der Waals surface area (Å²) in [5.74, 6) is -3.20. The molecule has 37 heavy (non-hydrogen) atoms. The second kappa shape index (κ2) is 9.66. The van der Waals surface area contributed by atoms with E-state index in [4.69, 9.17) is 5.73 Å². The number of imidazole rings is 1. The molecule has 2 aliphatic rings. The third-order valence-electron chi connectivity index (χ3n) is 7.23. The van der Waals surface area contributed by atoms with Gasteiger partial charge in [0.25, 0.3) is 5.91 Å². The zero-order valence-corrected chi connectivity index (χ0v) is 20.0. The largest absolute Gasteiger partial charge is 0.390 e. The normalized spacial score (nSPS) is 20.2. The molecule has 13 heteroatoms. The van der Waals surface area contributed by atoms with Crippen molar-refractivity contribution >= 4 is 11.6 Å². The van der Waals surface area contributed by atoms with Crippen molar-refractivity contribution in [1.29, 1.82) is 0 Å². The van der Waals surface area contributed by atoms with Gasteiger partial charge in [-0.2, -0.15) is 23.4 Å². The number of nitrogens with two attached hydrogens (primary N) is 1. The van der Waals surface area contributed by atoms with Crippen LogP contribution >= 0.6 is 0 Å². The Bertz CT molecular complexity index is 1260. The standard InChI is InChI=1S/C24H28F5N7O/c25-23(26)5-3-15(4-6-23)21(34-22(37)17-11-31-35(12-17)8-7-24(27,28)29)18-13-36-19(33-18)9-16(10-32-36)20(30)14-1-2-14/h9-15,20-21H,1-8,30H2,(H,34,37)/t20?,21-/m0/s1. The van der Waals surface area contributed by atoms with E-state index in [0.29, 0.717) is 17.3 Å². The van der Waals surface area contributed by atoms with Crippen LogP contribution in [0.25, 0.3) is 5.65 Å². The van der Waals surface area contributed by atoms with Crippen LogP contribution in [0, 0.1) is 11.8 Å². The van der Waals surface area contributed by atoms with Gasteiger partial charge in [-0.05, 0) is 49.1 Å². The molecule has 3 aromatic heterocycles. The van der Waals surface area contributed by atoms with Gasteiger partial charge in [0, 0.05) is 31.6 Å². The molecule has 1 unspecified atom stereocenters. The highest BCUT2D eigenvalue weighted by molar-refractivity contribution is 5.94. The Labute approximate surface area is 209 Å². The fourth-order valence-electron chi connectivity index (χ4n) is 4.87. The summed E-state index contributed by atoms with van der Waals surface area (Å²) in [6.45, 7) is -0.415. The summed E-state index contributed by atoms with van der Waals surface area (Å²) in [6.07, 6.45) is 2.26. The molecule has 2 aliphatic carbocycles. The third-order valence-corrected chi connectivity index (χ3v) is 7.23. The molecule has 3 heterocycles. The Kier molecular flexibility index (Phi) is 6.67. The van der Waals surface area contributed by atoms with Crippen molar-refractivity contribution in [2.75, 3.05) is 0 Å². The summed E-state index contributed by atoms with van der Waals surface area (Å²) < 4.78 is 67.9. The first kappa shape index (κ1) is 25.6. The lowest BCUT2D eigenvalue weighted by Gasteiger charge is -2.33. The molecule has 2 saturated carbocycles. The first-order valence-electron chi connectivity index (χ1n) is 12.4. The molecular formula is C24H28F5N7O. The van der Waals surface area contributed by atoms with Gasteiger partial charge in [0.15, 0.2) is 5.65 Å². The number of rotatable bonds is 8. The van der Waals surface area contributed by atoms with Crippen LogP contribution in [-0.2, 0) is 6.54 Å². The SMILES string of the molecule is NC(c1cnn2cc([C@@H](NC(=O)c3cnn(CCC(F)(F)F)c3)C3CCC(F)(F)CC3)nc2c1)C1CC1. The van der Waals surface area contributed by atoms with Crippen molar-refractivity contribution < 1.29 is 26.7 Å². The third kappa shape index (κ3) is 6.08. The fraction of sp³-hybridized carbons (Fsp3) is 0.583. The van der Waals surface area contributed by atoms with E-state index in [0.717, 1.165) is 23.1 Å². The Morgan fingerprint density at radius 1 is 1.11 bits per heavy atom. The maximum Gasteiger partial charge on any atom is 0.390 e. The minimum atomic E-state index is -4.35. The number of alkyl halides is 5. The lowest BCUT2D eigenvalue weighted by molar-refractivity contribution is -0.137. The lowest BCUT2D eigenvalue weighted by atomic mass is 9.81. The molecule has 3 aromatic rings. The predicted molar refractivity (Wildman–Crippen MR) is 123 cm³/mol. The van der Waals surface area contributed by atoms with E-state index >= 15 is 0 Å². The molecule has 1 amide bonds. The molecule has 0 spiro atoms. The number of aryl methyl sites for hydroxylation is 1. The monoisotopic (exact) mass is 525 g/mol. The molecule has 0 aliphatic heterocycles. The van der Waals surface area contributed by atoms with Crippen molar-refractivity contribution in [2.45, 2.75) is 75.7 Å². The van der Waals surface area contributed by atoms with Gasteiger partial charge >= 0.3 is 6.18 Å². The molecule has 0 saturated heterocycles. The van der Waals surface area contributed by atoms with E-state index in [1.807, 2.05) is 6.07 Å². The van der Waals surface area contributed by atoms with Gasteiger partial charge < -0.3 is 11.1 Å². The summed E-state index contributed by atoms with van der Waals surface area (Å²) in [5, 5.41) is 11.1. The zero-order chi connectivity index (χ0) is 26.4. The van der Waals surface area contributed by atoms with Gasteiger partial charge in [0.05, 0.1) is 42.3 Å². The second-order valence-electron chi connectivity index (χ2n) is 10.1. The highest BCUT2D eigenvalue weighted by Gasteiger charge is 2.39. The van der Waals surface area contributed by atoms with Gasteiger partial charge in [-0.15, -0.1) is 0 Å². The average Bonchev–Trinajstić information content (AvgIpc) is 3.42. The predicted octanol–water partition coefficient (Wildman–Crippen LogP) is 4.58. The number of carbonyl (C=O) groups excluding carboxylic acids is 1. The number of halogens is 5. The van der Waals surface area contributed by atoms with Crippen LogP contribution in [0.2, 0.25) is 0 Å². The molecule has 3 N–H and O–H groups in total. The van der Waals surface area contributed by atoms with E-state index in [-0.39, 0.29) is 43.2 Å². The molecule has 5 rings (SSSR count). The zero-order valence-electron chi connectivity index (χ0n) is 20.0. The van der Waals surface area contributed by atoms with Crippen LogP contribution in [0.5, 0.6) is 0 Å². The van der Waals surface area contributed by atoms with Gasteiger partial charge in [-0.25, -0.2) is 18.3 Å². The average molecular weight is 526 g/mol. The fourth-order valence-corrected chi connectivity index (χ4v) is 4.87. The second-order valence-corrected chi connectivity index (χ2v) is 10.1. The van der Waals surface area contributed by atoms with Crippen LogP contribution < -0.4 is 11.1 Å². The number of carbonyl (C=O) groups is 1. The van der Waals surface area contributed by atoms with Gasteiger partial charge in [-0.3, -0.25) is 9.48 Å². The Balaban J connectivity index is 1.38. The number of hydrogen-bond acceptors (Lipinski definition) is 5. The smallest absolute Gasteiger partial charge is 0.343 e.